The molecular weight excluding hydrogens is 310 g/mol. The van der Waals surface area contributed by atoms with E-state index in [1.165, 1.54) is 0 Å². The Hall–Kier alpha value is -2.59. The number of benzene rings is 2. The maximum Gasteiger partial charge on any atom is 0.261 e. The van der Waals surface area contributed by atoms with Gasteiger partial charge in [-0.15, -0.1) is 0 Å². The Morgan fingerprint density at radius 1 is 1.13 bits per heavy atom. The summed E-state index contributed by atoms with van der Waals surface area (Å²) >= 11 is 6.16. The minimum atomic E-state index is -0.0957. The number of hydrogen-bond acceptors (Lipinski definition) is 2. The van der Waals surface area contributed by atoms with Gasteiger partial charge in [-0.3, -0.25) is 9.48 Å². The molecule has 0 unspecified atom stereocenters. The van der Waals surface area contributed by atoms with Crippen LogP contribution in [0.3, 0.4) is 0 Å². The minimum absolute atomic E-state index is 0.0957. The van der Waals surface area contributed by atoms with Gasteiger partial charge in [-0.05, 0) is 23.8 Å². The molecule has 0 radical (unpaired) electrons. The van der Waals surface area contributed by atoms with Crippen molar-refractivity contribution in [2.45, 2.75) is 6.54 Å². The number of aromatic nitrogens is 2. The minimum Gasteiger partial charge on any atom is -0.311 e. The van der Waals surface area contributed by atoms with Gasteiger partial charge in [-0.25, -0.2) is 0 Å². The number of nitrogens with zero attached hydrogens (tertiary/aromatic N) is 3. The molecule has 0 N–H and O–H groups in total. The number of amides is 1. The fourth-order valence-corrected chi connectivity index (χ4v) is 2.52. The lowest BCUT2D eigenvalue weighted by Gasteiger charge is -2.16. The molecule has 0 saturated carbocycles. The molecule has 0 spiro atoms. The van der Waals surface area contributed by atoms with E-state index in [1.54, 1.807) is 29.0 Å². The normalized spacial score (nSPS) is 10.5. The molecule has 0 saturated heterocycles. The van der Waals surface area contributed by atoms with Crippen molar-refractivity contribution in [3.05, 3.63) is 83.1 Å². The average Bonchev–Trinajstić information content (AvgIpc) is 3.05. The fraction of sp³-hybridized carbons (Fsp3) is 0.111. The van der Waals surface area contributed by atoms with Crippen LogP contribution in [0.15, 0.2) is 67.0 Å². The first kappa shape index (κ1) is 15.3. The maximum atomic E-state index is 12.5. The van der Waals surface area contributed by atoms with E-state index in [9.17, 15) is 4.79 Å². The number of para-hydroxylation sites is 1. The number of carbonyl (C=O) groups excluding carboxylic acids is 1. The predicted molar refractivity (Wildman–Crippen MR) is 92.0 cm³/mol. The molecule has 1 heterocycles. The Balaban J connectivity index is 1.76. The molecule has 4 nitrogen and oxygen atoms in total. The van der Waals surface area contributed by atoms with Crippen molar-refractivity contribution in [1.29, 1.82) is 0 Å². The van der Waals surface area contributed by atoms with Crippen LogP contribution in [0.25, 0.3) is 0 Å². The standard InChI is InChI=1S/C18H16ClN3O/c1-21(16-8-3-2-4-9-16)18(23)15-11-20-22(13-15)12-14-7-5-6-10-17(14)19/h2-11,13H,12H2,1H3. The van der Waals surface area contributed by atoms with E-state index < -0.39 is 0 Å². The summed E-state index contributed by atoms with van der Waals surface area (Å²) < 4.78 is 1.72. The molecule has 23 heavy (non-hydrogen) atoms. The number of rotatable bonds is 4. The molecule has 3 aromatic rings. The van der Waals surface area contributed by atoms with Crippen LogP contribution in [-0.4, -0.2) is 22.7 Å². The SMILES string of the molecule is CN(C(=O)c1cnn(Cc2ccccc2Cl)c1)c1ccccc1. The van der Waals surface area contributed by atoms with Crippen molar-refractivity contribution in [3.8, 4) is 0 Å². The van der Waals surface area contributed by atoms with Gasteiger partial charge in [-0.1, -0.05) is 48.0 Å². The molecule has 0 aliphatic rings. The van der Waals surface area contributed by atoms with Crippen LogP contribution in [0.2, 0.25) is 5.02 Å². The second-order valence-electron chi connectivity index (χ2n) is 5.22. The Labute approximate surface area is 139 Å². The third kappa shape index (κ3) is 3.43. The zero-order chi connectivity index (χ0) is 16.2. The molecule has 0 atom stereocenters. The van der Waals surface area contributed by atoms with Gasteiger partial charge in [0, 0.05) is 24.0 Å². The van der Waals surface area contributed by atoms with E-state index in [2.05, 4.69) is 5.10 Å². The van der Waals surface area contributed by atoms with E-state index in [0.717, 1.165) is 11.3 Å². The van der Waals surface area contributed by atoms with Crippen LogP contribution in [-0.2, 0) is 6.54 Å². The first-order valence-electron chi connectivity index (χ1n) is 7.24. The Morgan fingerprint density at radius 2 is 1.83 bits per heavy atom. The topological polar surface area (TPSA) is 38.1 Å². The molecule has 0 bridgehead atoms. The van der Waals surface area contributed by atoms with Gasteiger partial charge in [0.2, 0.25) is 0 Å². The van der Waals surface area contributed by atoms with Crippen molar-refractivity contribution in [2.75, 3.05) is 11.9 Å². The first-order valence-corrected chi connectivity index (χ1v) is 7.62. The molecule has 0 fully saturated rings. The second-order valence-corrected chi connectivity index (χ2v) is 5.62. The smallest absolute Gasteiger partial charge is 0.261 e. The summed E-state index contributed by atoms with van der Waals surface area (Å²) in [7, 11) is 1.75. The number of anilines is 1. The molecule has 116 valence electrons. The monoisotopic (exact) mass is 325 g/mol. The highest BCUT2D eigenvalue weighted by atomic mass is 35.5. The van der Waals surface area contributed by atoms with Crippen LogP contribution in [0, 0.1) is 0 Å². The highest BCUT2D eigenvalue weighted by Crippen LogP contribution is 2.17. The Morgan fingerprint density at radius 3 is 2.57 bits per heavy atom. The zero-order valence-electron chi connectivity index (χ0n) is 12.7. The van der Waals surface area contributed by atoms with Crippen molar-refractivity contribution < 1.29 is 4.79 Å². The summed E-state index contributed by atoms with van der Waals surface area (Å²) in [5.74, 6) is -0.0957. The lowest BCUT2D eigenvalue weighted by atomic mass is 10.2. The largest absolute Gasteiger partial charge is 0.311 e. The lowest BCUT2D eigenvalue weighted by Crippen LogP contribution is -2.25. The molecule has 1 aromatic heterocycles. The van der Waals surface area contributed by atoms with Gasteiger partial charge in [0.15, 0.2) is 0 Å². The highest BCUT2D eigenvalue weighted by Gasteiger charge is 2.15. The third-order valence-electron chi connectivity index (χ3n) is 3.62. The Bertz CT molecular complexity index is 814. The van der Waals surface area contributed by atoms with Gasteiger partial charge in [0.05, 0.1) is 18.3 Å². The summed E-state index contributed by atoms with van der Waals surface area (Å²) in [6.45, 7) is 0.530. The van der Waals surface area contributed by atoms with Crippen molar-refractivity contribution in [2.24, 2.45) is 0 Å². The van der Waals surface area contributed by atoms with Crippen molar-refractivity contribution in [1.82, 2.24) is 9.78 Å². The average molecular weight is 326 g/mol. The van der Waals surface area contributed by atoms with Gasteiger partial charge >= 0.3 is 0 Å². The summed E-state index contributed by atoms with van der Waals surface area (Å²) in [6, 6.07) is 17.1. The number of hydrogen-bond donors (Lipinski definition) is 0. The van der Waals surface area contributed by atoms with Crippen molar-refractivity contribution >= 4 is 23.2 Å². The number of halogens is 1. The summed E-state index contributed by atoms with van der Waals surface area (Å²) in [4.78, 5) is 14.1. The number of carbonyl (C=O) groups is 1. The summed E-state index contributed by atoms with van der Waals surface area (Å²) in [5, 5.41) is 4.95. The maximum absolute atomic E-state index is 12.5. The van der Waals surface area contributed by atoms with E-state index >= 15 is 0 Å². The third-order valence-corrected chi connectivity index (χ3v) is 3.99. The zero-order valence-corrected chi connectivity index (χ0v) is 13.4. The van der Waals surface area contributed by atoms with Gasteiger partial charge in [0.1, 0.15) is 0 Å². The lowest BCUT2D eigenvalue weighted by molar-refractivity contribution is 0.0993. The van der Waals surface area contributed by atoms with E-state index in [-0.39, 0.29) is 5.91 Å². The van der Waals surface area contributed by atoms with Crippen LogP contribution >= 0.6 is 11.6 Å². The van der Waals surface area contributed by atoms with Gasteiger partial charge in [-0.2, -0.15) is 5.10 Å². The molecule has 1 amide bonds. The molecular formula is C18H16ClN3O. The van der Waals surface area contributed by atoms with E-state index in [4.69, 9.17) is 11.6 Å². The highest BCUT2D eigenvalue weighted by molar-refractivity contribution is 6.31. The van der Waals surface area contributed by atoms with Crippen LogP contribution in [0.1, 0.15) is 15.9 Å². The van der Waals surface area contributed by atoms with Crippen LogP contribution in [0.4, 0.5) is 5.69 Å². The van der Waals surface area contributed by atoms with Gasteiger partial charge in [0.25, 0.3) is 5.91 Å². The summed E-state index contributed by atoms with van der Waals surface area (Å²) in [5.41, 5.74) is 2.35. The first-order chi connectivity index (χ1) is 11.1. The Kier molecular flexibility index (Phi) is 4.44. The molecule has 2 aromatic carbocycles. The molecule has 0 aliphatic carbocycles. The van der Waals surface area contributed by atoms with E-state index in [1.807, 2.05) is 54.6 Å². The predicted octanol–water partition coefficient (Wildman–Crippen LogP) is 3.86. The summed E-state index contributed by atoms with van der Waals surface area (Å²) in [6.07, 6.45) is 3.32. The van der Waals surface area contributed by atoms with Crippen molar-refractivity contribution in [3.63, 3.8) is 0 Å². The molecule has 5 heteroatoms. The van der Waals surface area contributed by atoms with Gasteiger partial charge < -0.3 is 4.90 Å². The molecule has 3 rings (SSSR count). The van der Waals surface area contributed by atoms with E-state index in [0.29, 0.717) is 17.1 Å². The van der Waals surface area contributed by atoms with Crippen LogP contribution in [0.5, 0.6) is 0 Å². The fourth-order valence-electron chi connectivity index (χ4n) is 2.32. The molecule has 0 aliphatic heterocycles. The van der Waals surface area contributed by atoms with Crippen LogP contribution < -0.4 is 4.90 Å². The quantitative estimate of drug-likeness (QED) is 0.730. The second kappa shape index (κ2) is 6.67.